The van der Waals surface area contributed by atoms with Crippen molar-refractivity contribution >= 4 is 11.0 Å². The quantitative estimate of drug-likeness (QED) is 0.537. The first-order valence-electron chi connectivity index (χ1n) is 8.08. The van der Waals surface area contributed by atoms with Gasteiger partial charge in [-0.3, -0.25) is 0 Å². The molecule has 1 atom stereocenters. The SMILES string of the molecule is O=c1oc2ccccc2c(O)c1C1CCCCc2ccccc21. The second kappa shape index (κ2) is 5.58. The first-order valence-corrected chi connectivity index (χ1v) is 8.08. The molecular formula is C20H18O3. The molecule has 3 nitrogen and oxygen atoms in total. The van der Waals surface area contributed by atoms with Crippen molar-refractivity contribution in [3.63, 3.8) is 0 Å². The zero-order valence-corrected chi connectivity index (χ0v) is 12.8. The van der Waals surface area contributed by atoms with Crippen molar-refractivity contribution in [1.29, 1.82) is 0 Å². The zero-order chi connectivity index (χ0) is 15.8. The van der Waals surface area contributed by atoms with Crippen LogP contribution in [-0.2, 0) is 6.42 Å². The lowest BCUT2D eigenvalue weighted by Gasteiger charge is -2.18. The predicted octanol–water partition coefficient (Wildman–Crippen LogP) is 4.36. The van der Waals surface area contributed by atoms with Crippen LogP contribution in [0.1, 0.15) is 41.9 Å². The number of aromatic hydroxyl groups is 1. The molecule has 1 aliphatic rings. The Hall–Kier alpha value is -2.55. The minimum absolute atomic E-state index is 0.0681. The molecule has 3 heteroatoms. The van der Waals surface area contributed by atoms with Gasteiger partial charge in [0.1, 0.15) is 11.3 Å². The Kier molecular flexibility index (Phi) is 3.41. The fourth-order valence-electron chi connectivity index (χ4n) is 3.68. The van der Waals surface area contributed by atoms with E-state index in [-0.39, 0.29) is 11.7 Å². The number of hydrogen-bond acceptors (Lipinski definition) is 3. The molecule has 1 unspecified atom stereocenters. The molecule has 4 rings (SSSR count). The Morgan fingerprint density at radius 3 is 2.70 bits per heavy atom. The summed E-state index contributed by atoms with van der Waals surface area (Å²) >= 11 is 0. The molecule has 1 aliphatic carbocycles. The van der Waals surface area contributed by atoms with E-state index in [1.807, 2.05) is 18.2 Å². The van der Waals surface area contributed by atoms with Gasteiger partial charge in [0.2, 0.25) is 0 Å². The summed E-state index contributed by atoms with van der Waals surface area (Å²) in [5.74, 6) is -0.0342. The third-order valence-electron chi connectivity index (χ3n) is 4.79. The molecule has 0 saturated carbocycles. The molecule has 1 heterocycles. The van der Waals surface area contributed by atoms with Crippen LogP contribution in [-0.4, -0.2) is 5.11 Å². The van der Waals surface area contributed by atoms with E-state index in [9.17, 15) is 9.90 Å². The summed E-state index contributed by atoms with van der Waals surface area (Å²) < 4.78 is 5.47. The van der Waals surface area contributed by atoms with Gasteiger partial charge in [-0.25, -0.2) is 4.79 Å². The average molecular weight is 306 g/mol. The average Bonchev–Trinajstić information content (AvgIpc) is 2.78. The van der Waals surface area contributed by atoms with E-state index in [4.69, 9.17) is 4.42 Å². The van der Waals surface area contributed by atoms with E-state index < -0.39 is 5.63 Å². The molecule has 23 heavy (non-hydrogen) atoms. The smallest absolute Gasteiger partial charge is 0.343 e. The Labute approximate surface area is 134 Å². The first kappa shape index (κ1) is 14.1. The van der Waals surface area contributed by atoms with Gasteiger partial charge >= 0.3 is 5.63 Å². The molecule has 3 aromatic rings. The highest BCUT2D eigenvalue weighted by Crippen LogP contribution is 2.39. The Morgan fingerprint density at radius 1 is 1.00 bits per heavy atom. The van der Waals surface area contributed by atoms with Crippen molar-refractivity contribution in [3.05, 3.63) is 75.6 Å². The minimum Gasteiger partial charge on any atom is -0.507 e. The minimum atomic E-state index is -0.428. The van der Waals surface area contributed by atoms with Crippen LogP contribution in [0.2, 0.25) is 0 Å². The van der Waals surface area contributed by atoms with Crippen molar-refractivity contribution in [3.8, 4) is 5.75 Å². The van der Waals surface area contributed by atoms with Gasteiger partial charge in [-0.05, 0) is 42.5 Å². The van der Waals surface area contributed by atoms with Crippen LogP contribution >= 0.6 is 0 Å². The van der Waals surface area contributed by atoms with Gasteiger partial charge in [0.25, 0.3) is 0 Å². The predicted molar refractivity (Wildman–Crippen MR) is 90.0 cm³/mol. The topological polar surface area (TPSA) is 50.4 Å². The molecule has 0 bridgehead atoms. The molecule has 1 aromatic heterocycles. The zero-order valence-electron chi connectivity index (χ0n) is 12.8. The Morgan fingerprint density at radius 2 is 1.78 bits per heavy atom. The van der Waals surface area contributed by atoms with Crippen molar-refractivity contribution in [1.82, 2.24) is 0 Å². The largest absolute Gasteiger partial charge is 0.507 e. The maximum absolute atomic E-state index is 12.5. The van der Waals surface area contributed by atoms with Crippen LogP contribution in [0.4, 0.5) is 0 Å². The third-order valence-corrected chi connectivity index (χ3v) is 4.79. The number of aryl methyl sites for hydroxylation is 1. The number of para-hydroxylation sites is 1. The Balaban J connectivity index is 1.97. The number of hydrogen-bond donors (Lipinski definition) is 1. The molecule has 0 amide bonds. The van der Waals surface area contributed by atoms with Gasteiger partial charge in [-0.15, -0.1) is 0 Å². The number of benzene rings is 2. The van der Waals surface area contributed by atoms with Gasteiger partial charge in [0.05, 0.1) is 10.9 Å². The standard InChI is InChI=1S/C20H18O3/c21-19-16-11-5-6-12-17(16)23-20(22)18(19)15-10-4-2-8-13-7-1-3-9-14(13)15/h1,3,5-7,9,11-12,15,21H,2,4,8,10H2. The van der Waals surface area contributed by atoms with Crippen molar-refractivity contribution in [2.75, 3.05) is 0 Å². The molecule has 0 radical (unpaired) electrons. The molecule has 1 N–H and O–H groups in total. The second-order valence-electron chi connectivity index (χ2n) is 6.15. The fourth-order valence-corrected chi connectivity index (χ4v) is 3.68. The van der Waals surface area contributed by atoms with E-state index >= 15 is 0 Å². The highest BCUT2D eigenvalue weighted by atomic mass is 16.4. The van der Waals surface area contributed by atoms with Crippen LogP contribution < -0.4 is 5.63 Å². The molecule has 0 saturated heterocycles. The van der Waals surface area contributed by atoms with Crippen molar-refractivity contribution < 1.29 is 9.52 Å². The highest BCUT2D eigenvalue weighted by molar-refractivity contribution is 5.84. The Bertz CT molecular complexity index is 924. The summed E-state index contributed by atoms with van der Waals surface area (Å²) in [6.07, 6.45) is 4.01. The van der Waals surface area contributed by atoms with E-state index in [0.717, 1.165) is 31.2 Å². The van der Waals surface area contributed by atoms with Gasteiger partial charge < -0.3 is 9.52 Å². The molecule has 116 valence electrons. The van der Waals surface area contributed by atoms with E-state index in [0.29, 0.717) is 16.5 Å². The molecular weight excluding hydrogens is 288 g/mol. The third kappa shape index (κ3) is 2.33. The van der Waals surface area contributed by atoms with Crippen LogP contribution in [0.15, 0.2) is 57.7 Å². The summed E-state index contributed by atoms with van der Waals surface area (Å²) in [4.78, 5) is 12.5. The summed E-state index contributed by atoms with van der Waals surface area (Å²) in [5.41, 5.74) is 2.81. The highest BCUT2D eigenvalue weighted by Gasteiger charge is 2.27. The molecule has 0 spiro atoms. The van der Waals surface area contributed by atoms with Gasteiger partial charge in [0.15, 0.2) is 0 Å². The number of rotatable bonds is 1. The summed E-state index contributed by atoms with van der Waals surface area (Å²) in [6, 6.07) is 15.4. The van der Waals surface area contributed by atoms with Crippen LogP contribution in [0.5, 0.6) is 5.75 Å². The van der Waals surface area contributed by atoms with E-state index in [1.165, 1.54) is 5.56 Å². The maximum atomic E-state index is 12.5. The van der Waals surface area contributed by atoms with E-state index in [2.05, 4.69) is 12.1 Å². The summed E-state index contributed by atoms with van der Waals surface area (Å²) in [5, 5.41) is 11.3. The normalized spacial score (nSPS) is 17.7. The van der Waals surface area contributed by atoms with Crippen molar-refractivity contribution in [2.24, 2.45) is 0 Å². The molecule has 0 aliphatic heterocycles. The van der Waals surface area contributed by atoms with Crippen LogP contribution in [0.3, 0.4) is 0 Å². The summed E-state index contributed by atoms with van der Waals surface area (Å²) in [6.45, 7) is 0. The lowest BCUT2D eigenvalue weighted by atomic mass is 9.86. The molecule has 2 aromatic carbocycles. The lowest BCUT2D eigenvalue weighted by Crippen LogP contribution is -2.14. The summed E-state index contributed by atoms with van der Waals surface area (Å²) in [7, 11) is 0. The maximum Gasteiger partial charge on any atom is 0.343 e. The number of fused-ring (bicyclic) bond motifs is 2. The van der Waals surface area contributed by atoms with E-state index in [1.54, 1.807) is 18.2 Å². The van der Waals surface area contributed by atoms with Gasteiger partial charge in [-0.1, -0.05) is 42.8 Å². The first-order chi connectivity index (χ1) is 11.3. The monoisotopic (exact) mass is 306 g/mol. The van der Waals surface area contributed by atoms with Crippen molar-refractivity contribution in [2.45, 2.75) is 31.6 Å². The van der Waals surface area contributed by atoms with Gasteiger partial charge in [-0.2, -0.15) is 0 Å². The lowest BCUT2D eigenvalue weighted by molar-refractivity contribution is 0.448. The van der Waals surface area contributed by atoms with Crippen LogP contribution in [0, 0.1) is 0 Å². The second-order valence-corrected chi connectivity index (χ2v) is 6.15. The fraction of sp³-hybridized carbons (Fsp3) is 0.250. The molecule has 0 fully saturated rings. The van der Waals surface area contributed by atoms with Crippen LogP contribution in [0.25, 0.3) is 11.0 Å². The van der Waals surface area contributed by atoms with Gasteiger partial charge in [0, 0.05) is 5.92 Å².